The number of nitrogens with zero attached hydrogens (tertiary/aromatic N) is 4. The Balaban J connectivity index is 1.96. The molecule has 0 aliphatic carbocycles. The van der Waals surface area contributed by atoms with Crippen molar-refractivity contribution in [2.24, 2.45) is 0 Å². The molecule has 0 spiro atoms. The van der Waals surface area contributed by atoms with Crippen LogP contribution >= 0.6 is 11.6 Å². The maximum absolute atomic E-state index is 12.3. The van der Waals surface area contributed by atoms with Crippen LogP contribution in [0.5, 0.6) is 0 Å². The van der Waals surface area contributed by atoms with E-state index in [0.717, 1.165) is 5.69 Å². The summed E-state index contributed by atoms with van der Waals surface area (Å²) < 4.78 is 27.8. The lowest BCUT2D eigenvalue weighted by Crippen LogP contribution is -2.31. The fourth-order valence-corrected chi connectivity index (χ4v) is 3.62. The van der Waals surface area contributed by atoms with Gasteiger partial charge in [0.1, 0.15) is 4.90 Å². The molecule has 0 fully saturated rings. The smallest absolute Gasteiger partial charge is 0.264 e. The summed E-state index contributed by atoms with van der Waals surface area (Å²) in [6.45, 7) is 3.56. The number of rotatable bonds is 3. The summed E-state index contributed by atoms with van der Waals surface area (Å²) >= 11 is 5.86. The van der Waals surface area contributed by atoms with Crippen molar-refractivity contribution in [2.75, 3.05) is 0 Å². The van der Waals surface area contributed by atoms with Crippen molar-refractivity contribution in [1.82, 2.24) is 24.3 Å². The number of sulfonamides is 1. The fourth-order valence-electron chi connectivity index (χ4n) is 2.15. The number of aromatic nitrogens is 4. The number of amides is 1. The van der Waals surface area contributed by atoms with E-state index < -0.39 is 15.9 Å². The number of nitrogens with one attached hydrogen (secondary N) is 1. The van der Waals surface area contributed by atoms with Crippen molar-refractivity contribution in [1.29, 1.82) is 0 Å². The minimum atomic E-state index is -4.14. The number of hydrogen-bond donors (Lipinski definition) is 1. The van der Waals surface area contributed by atoms with Crippen LogP contribution in [-0.4, -0.2) is 33.9 Å². The van der Waals surface area contributed by atoms with Gasteiger partial charge in [-0.25, -0.2) is 22.6 Å². The van der Waals surface area contributed by atoms with Crippen LogP contribution in [0, 0.1) is 13.8 Å². The zero-order chi connectivity index (χ0) is 17.5. The Morgan fingerprint density at radius 2 is 1.92 bits per heavy atom. The van der Waals surface area contributed by atoms with Gasteiger partial charge in [0.25, 0.3) is 15.8 Å². The number of fused-ring (bicyclic) bond motifs is 1. The van der Waals surface area contributed by atoms with Gasteiger partial charge >= 0.3 is 5.91 Å². The molecule has 0 radical (unpaired) electrons. The molecule has 8 nitrogen and oxygen atoms in total. The molecule has 0 saturated heterocycles. The van der Waals surface area contributed by atoms with Crippen LogP contribution in [0.25, 0.3) is 5.78 Å². The van der Waals surface area contributed by atoms with Crippen LogP contribution in [0.1, 0.15) is 22.0 Å². The molecule has 3 aromatic rings. The third-order valence-corrected chi connectivity index (χ3v) is 5.01. The number of hydrogen-bond acceptors (Lipinski definition) is 6. The quantitative estimate of drug-likeness (QED) is 0.754. The molecule has 0 unspecified atom stereocenters. The molecule has 0 atom stereocenters. The molecular formula is C14H12ClN5O3S. The lowest BCUT2D eigenvalue weighted by atomic mass is 10.4. The first kappa shape index (κ1) is 16.3. The zero-order valence-corrected chi connectivity index (χ0v) is 14.3. The van der Waals surface area contributed by atoms with Crippen molar-refractivity contribution < 1.29 is 13.2 Å². The van der Waals surface area contributed by atoms with E-state index in [9.17, 15) is 13.2 Å². The van der Waals surface area contributed by atoms with E-state index in [1.54, 1.807) is 26.0 Å². The first-order chi connectivity index (χ1) is 11.3. The van der Waals surface area contributed by atoms with Crippen LogP contribution in [0.3, 0.4) is 0 Å². The Bertz CT molecular complexity index is 1060. The standard InChI is InChI=1S/C14H12ClN5O3S/c1-8-7-9(2)20-14(16-8)17-12(18-20)13(21)19-24(22,23)11-6-4-3-5-10(11)15/h3-7H,1-2H3,(H,19,21). The van der Waals surface area contributed by atoms with Gasteiger partial charge in [-0.3, -0.25) is 4.79 Å². The van der Waals surface area contributed by atoms with Gasteiger partial charge in [-0.15, -0.1) is 5.10 Å². The Labute approximate surface area is 142 Å². The fraction of sp³-hybridized carbons (Fsp3) is 0.143. The maximum Gasteiger partial charge on any atom is 0.304 e. The van der Waals surface area contributed by atoms with Crippen LogP contribution in [0.2, 0.25) is 5.02 Å². The lowest BCUT2D eigenvalue weighted by molar-refractivity contribution is 0.0971. The van der Waals surface area contributed by atoms with Gasteiger partial charge in [0.15, 0.2) is 0 Å². The van der Waals surface area contributed by atoms with Crippen molar-refractivity contribution in [2.45, 2.75) is 18.7 Å². The number of aryl methyl sites for hydroxylation is 2. The largest absolute Gasteiger partial charge is 0.304 e. The van der Waals surface area contributed by atoms with Crippen LogP contribution in [0.15, 0.2) is 35.2 Å². The Kier molecular flexibility index (Phi) is 3.98. The number of carbonyl (C=O) groups is 1. The molecule has 0 aliphatic heterocycles. The summed E-state index contributed by atoms with van der Waals surface area (Å²) in [6.07, 6.45) is 0. The summed E-state index contributed by atoms with van der Waals surface area (Å²) in [6, 6.07) is 7.57. The average Bonchev–Trinajstić information content (AvgIpc) is 2.91. The lowest BCUT2D eigenvalue weighted by Gasteiger charge is -2.06. The Morgan fingerprint density at radius 1 is 1.21 bits per heavy atom. The number of halogens is 1. The molecule has 2 aromatic heterocycles. The molecule has 2 heterocycles. The first-order valence-corrected chi connectivity index (χ1v) is 8.67. The van der Waals surface area contributed by atoms with Gasteiger partial charge in [0.05, 0.1) is 5.02 Å². The van der Waals surface area contributed by atoms with Crippen molar-refractivity contribution in [3.63, 3.8) is 0 Å². The van der Waals surface area contributed by atoms with E-state index in [1.165, 1.54) is 22.7 Å². The number of carbonyl (C=O) groups excluding carboxylic acids is 1. The molecule has 24 heavy (non-hydrogen) atoms. The SMILES string of the molecule is Cc1cc(C)n2nc(C(=O)NS(=O)(=O)c3ccccc3Cl)nc2n1. The summed E-state index contributed by atoms with van der Waals surface area (Å²) in [5.74, 6) is -1.04. The second-order valence-electron chi connectivity index (χ2n) is 5.05. The number of benzene rings is 1. The minimum Gasteiger partial charge on any atom is -0.264 e. The van der Waals surface area contributed by atoms with Gasteiger partial charge < -0.3 is 0 Å². The second-order valence-corrected chi connectivity index (χ2v) is 7.11. The molecule has 124 valence electrons. The van der Waals surface area contributed by atoms with Crippen LogP contribution < -0.4 is 4.72 Å². The van der Waals surface area contributed by atoms with Crippen molar-refractivity contribution in [3.05, 3.63) is 52.6 Å². The molecule has 1 amide bonds. The maximum atomic E-state index is 12.3. The van der Waals surface area contributed by atoms with E-state index >= 15 is 0 Å². The second kappa shape index (κ2) is 5.84. The Morgan fingerprint density at radius 3 is 2.62 bits per heavy atom. The summed E-state index contributed by atoms with van der Waals surface area (Å²) in [4.78, 5) is 20.1. The minimum absolute atomic E-state index is 0.00824. The molecular weight excluding hydrogens is 354 g/mol. The van der Waals surface area contributed by atoms with Crippen molar-refractivity contribution in [3.8, 4) is 0 Å². The van der Waals surface area contributed by atoms with Gasteiger partial charge in [-0.05, 0) is 32.0 Å². The molecule has 1 N–H and O–H groups in total. The molecule has 1 aromatic carbocycles. The third kappa shape index (κ3) is 2.95. The van der Waals surface area contributed by atoms with Crippen molar-refractivity contribution >= 4 is 33.3 Å². The van der Waals surface area contributed by atoms with Gasteiger partial charge in [0, 0.05) is 11.4 Å². The molecule has 3 rings (SSSR count). The average molecular weight is 366 g/mol. The zero-order valence-electron chi connectivity index (χ0n) is 12.7. The van der Waals surface area contributed by atoms with Gasteiger partial charge in [-0.1, -0.05) is 23.7 Å². The van der Waals surface area contributed by atoms with E-state index in [0.29, 0.717) is 5.69 Å². The normalized spacial score (nSPS) is 11.6. The van der Waals surface area contributed by atoms with Gasteiger partial charge in [-0.2, -0.15) is 4.98 Å². The Hall–Kier alpha value is -2.52. The first-order valence-electron chi connectivity index (χ1n) is 6.80. The summed E-state index contributed by atoms with van der Waals surface area (Å²) in [5, 5.41) is 4.00. The van der Waals surface area contributed by atoms with Crippen LogP contribution in [0.4, 0.5) is 0 Å². The molecule has 0 saturated carbocycles. The predicted molar refractivity (Wildman–Crippen MR) is 86.4 cm³/mol. The van der Waals surface area contributed by atoms with Crippen LogP contribution in [-0.2, 0) is 10.0 Å². The van der Waals surface area contributed by atoms with Gasteiger partial charge in [0.2, 0.25) is 5.82 Å². The summed E-state index contributed by atoms with van der Waals surface area (Å²) in [7, 11) is -4.14. The topological polar surface area (TPSA) is 106 Å². The van der Waals surface area contributed by atoms with E-state index in [2.05, 4.69) is 15.1 Å². The van der Waals surface area contributed by atoms with E-state index in [1.807, 2.05) is 4.72 Å². The van der Waals surface area contributed by atoms with E-state index in [-0.39, 0.29) is 21.5 Å². The summed E-state index contributed by atoms with van der Waals surface area (Å²) in [5.41, 5.74) is 1.43. The molecule has 10 heteroatoms. The monoisotopic (exact) mass is 365 g/mol. The predicted octanol–water partition coefficient (Wildman–Crippen LogP) is 1.51. The molecule has 0 aliphatic rings. The third-order valence-electron chi connectivity index (χ3n) is 3.17. The highest BCUT2D eigenvalue weighted by atomic mass is 35.5. The molecule has 0 bridgehead atoms. The highest BCUT2D eigenvalue weighted by molar-refractivity contribution is 7.90. The highest BCUT2D eigenvalue weighted by Gasteiger charge is 2.24. The highest BCUT2D eigenvalue weighted by Crippen LogP contribution is 2.20. The van der Waals surface area contributed by atoms with E-state index in [4.69, 9.17) is 11.6 Å².